The number of hydrogen-bond acceptors (Lipinski definition) is 3. The van der Waals surface area contributed by atoms with Gasteiger partial charge in [0.25, 0.3) is 0 Å². The van der Waals surface area contributed by atoms with Crippen LogP contribution in [0.25, 0.3) is 17.7 Å². The van der Waals surface area contributed by atoms with Crippen LogP contribution in [0.4, 0.5) is 0 Å². The third-order valence-electron chi connectivity index (χ3n) is 3.38. The van der Waals surface area contributed by atoms with E-state index in [0.717, 1.165) is 28.1 Å². The Morgan fingerprint density at radius 2 is 2.17 bits per heavy atom. The Morgan fingerprint density at radius 3 is 2.83 bits per heavy atom. The number of aromatic nitrogens is 2. The monoisotopic (exact) mass is 307 g/mol. The molecule has 0 aliphatic carbocycles. The standard InChI is InChI=1S/C19H21N3O/c1-5-23-19-6-7-21-11-16(19)9-15(10-20)18-12-22-14(4)17(18)8-13(2)3/h6-9,11-12,22H,5H2,1-4H3/b15-9+. The molecule has 0 bridgehead atoms. The summed E-state index contributed by atoms with van der Waals surface area (Å²) in [5.41, 5.74) is 5.53. The zero-order valence-corrected chi connectivity index (χ0v) is 14.0. The lowest BCUT2D eigenvalue weighted by Crippen LogP contribution is -1.94. The molecule has 0 fully saturated rings. The van der Waals surface area contributed by atoms with Crippen LogP contribution in [-0.2, 0) is 0 Å². The zero-order chi connectivity index (χ0) is 16.8. The van der Waals surface area contributed by atoms with Crippen LogP contribution in [-0.4, -0.2) is 16.6 Å². The van der Waals surface area contributed by atoms with Gasteiger partial charge in [-0.2, -0.15) is 5.26 Å². The highest BCUT2D eigenvalue weighted by atomic mass is 16.5. The molecule has 0 saturated carbocycles. The molecular formula is C19H21N3O. The molecule has 23 heavy (non-hydrogen) atoms. The van der Waals surface area contributed by atoms with Gasteiger partial charge in [0.15, 0.2) is 0 Å². The van der Waals surface area contributed by atoms with Crippen LogP contribution < -0.4 is 4.74 Å². The van der Waals surface area contributed by atoms with E-state index in [1.54, 1.807) is 12.4 Å². The van der Waals surface area contributed by atoms with Gasteiger partial charge in [-0.25, -0.2) is 0 Å². The number of ether oxygens (including phenoxy) is 1. The molecule has 0 amide bonds. The summed E-state index contributed by atoms with van der Waals surface area (Å²) in [6.45, 7) is 8.59. The summed E-state index contributed by atoms with van der Waals surface area (Å²) in [4.78, 5) is 7.33. The van der Waals surface area contributed by atoms with Gasteiger partial charge in [-0.15, -0.1) is 0 Å². The topological polar surface area (TPSA) is 61.7 Å². The van der Waals surface area contributed by atoms with Crippen molar-refractivity contribution in [2.24, 2.45) is 0 Å². The predicted octanol–water partition coefficient (Wildman–Crippen LogP) is 4.60. The van der Waals surface area contributed by atoms with Gasteiger partial charge in [0, 0.05) is 41.0 Å². The molecule has 0 aromatic carbocycles. The van der Waals surface area contributed by atoms with Crippen molar-refractivity contribution in [3.05, 3.63) is 52.6 Å². The molecule has 1 N–H and O–H groups in total. The van der Waals surface area contributed by atoms with Crippen LogP contribution in [0.5, 0.6) is 5.75 Å². The summed E-state index contributed by atoms with van der Waals surface area (Å²) in [5.74, 6) is 0.728. The number of aryl methyl sites for hydroxylation is 1. The second-order valence-electron chi connectivity index (χ2n) is 5.48. The third kappa shape index (κ3) is 3.89. The Balaban J connectivity index is 2.54. The Labute approximate surface area is 137 Å². The molecule has 2 aromatic heterocycles. The summed E-state index contributed by atoms with van der Waals surface area (Å²) < 4.78 is 5.60. The molecule has 2 heterocycles. The number of rotatable bonds is 5. The molecule has 0 radical (unpaired) electrons. The van der Waals surface area contributed by atoms with Crippen molar-refractivity contribution in [1.82, 2.24) is 9.97 Å². The van der Waals surface area contributed by atoms with E-state index >= 15 is 0 Å². The van der Waals surface area contributed by atoms with Crippen molar-refractivity contribution in [3.8, 4) is 11.8 Å². The zero-order valence-electron chi connectivity index (χ0n) is 14.0. The fraction of sp³-hybridized carbons (Fsp3) is 0.263. The second-order valence-corrected chi connectivity index (χ2v) is 5.48. The van der Waals surface area contributed by atoms with Crippen molar-refractivity contribution in [2.75, 3.05) is 6.61 Å². The predicted molar refractivity (Wildman–Crippen MR) is 93.7 cm³/mol. The molecular weight excluding hydrogens is 286 g/mol. The van der Waals surface area contributed by atoms with Gasteiger partial charge in [-0.05, 0) is 39.8 Å². The maximum atomic E-state index is 9.62. The number of nitriles is 1. The molecule has 0 spiro atoms. The molecule has 2 rings (SSSR count). The van der Waals surface area contributed by atoms with E-state index in [0.29, 0.717) is 12.2 Å². The van der Waals surface area contributed by atoms with Crippen LogP contribution in [0.1, 0.15) is 43.2 Å². The summed E-state index contributed by atoms with van der Waals surface area (Å²) in [7, 11) is 0. The maximum absolute atomic E-state index is 9.62. The lowest BCUT2D eigenvalue weighted by Gasteiger charge is -2.07. The van der Waals surface area contributed by atoms with E-state index in [1.807, 2.05) is 46.0 Å². The highest BCUT2D eigenvalue weighted by Crippen LogP contribution is 2.28. The van der Waals surface area contributed by atoms with Gasteiger partial charge < -0.3 is 9.72 Å². The average molecular weight is 307 g/mol. The summed E-state index contributed by atoms with van der Waals surface area (Å²) >= 11 is 0. The minimum Gasteiger partial charge on any atom is -0.493 e. The van der Waals surface area contributed by atoms with E-state index in [9.17, 15) is 5.26 Å². The molecule has 2 aromatic rings. The van der Waals surface area contributed by atoms with Crippen molar-refractivity contribution < 1.29 is 4.74 Å². The second kappa shape index (κ2) is 7.46. The van der Waals surface area contributed by atoms with Crippen LogP contribution in [0.2, 0.25) is 0 Å². The van der Waals surface area contributed by atoms with E-state index in [4.69, 9.17) is 4.74 Å². The van der Waals surface area contributed by atoms with Crippen LogP contribution in [0.3, 0.4) is 0 Å². The fourth-order valence-electron chi connectivity index (χ4n) is 2.35. The maximum Gasteiger partial charge on any atom is 0.129 e. The lowest BCUT2D eigenvalue weighted by molar-refractivity contribution is 0.339. The minimum absolute atomic E-state index is 0.568. The normalized spacial score (nSPS) is 11.0. The molecule has 0 atom stereocenters. The Bertz CT molecular complexity index is 787. The first kappa shape index (κ1) is 16.6. The summed E-state index contributed by atoms with van der Waals surface area (Å²) in [6, 6.07) is 4.10. The molecule has 0 aliphatic heterocycles. The lowest BCUT2D eigenvalue weighted by atomic mass is 10.0. The van der Waals surface area contributed by atoms with Gasteiger partial charge in [0.05, 0.1) is 18.2 Å². The summed E-state index contributed by atoms with van der Waals surface area (Å²) in [6.07, 6.45) is 9.17. The average Bonchev–Trinajstić information content (AvgIpc) is 2.87. The number of hydrogen-bond donors (Lipinski definition) is 1. The Kier molecular flexibility index (Phi) is 5.37. The number of H-pyrrole nitrogens is 1. The highest BCUT2D eigenvalue weighted by Gasteiger charge is 2.12. The van der Waals surface area contributed by atoms with Crippen LogP contribution in [0, 0.1) is 18.3 Å². The van der Waals surface area contributed by atoms with E-state index in [2.05, 4.69) is 22.1 Å². The van der Waals surface area contributed by atoms with Gasteiger partial charge >= 0.3 is 0 Å². The first-order valence-electron chi connectivity index (χ1n) is 7.58. The quantitative estimate of drug-likeness (QED) is 0.821. The number of nitrogens with one attached hydrogen (secondary N) is 1. The van der Waals surface area contributed by atoms with Gasteiger partial charge in [0.2, 0.25) is 0 Å². The van der Waals surface area contributed by atoms with Crippen molar-refractivity contribution >= 4 is 17.7 Å². The van der Waals surface area contributed by atoms with Gasteiger partial charge in [0.1, 0.15) is 5.75 Å². The van der Waals surface area contributed by atoms with E-state index < -0.39 is 0 Å². The van der Waals surface area contributed by atoms with Gasteiger partial charge in [-0.3, -0.25) is 4.98 Å². The van der Waals surface area contributed by atoms with E-state index in [-0.39, 0.29) is 0 Å². The van der Waals surface area contributed by atoms with Crippen molar-refractivity contribution in [3.63, 3.8) is 0 Å². The molecule has 0 saturated heterocycles. The first-order valence-corrected chi connectivity index (χ1v) is 7.58. The van der Waals surface area contributed by atoms with Crippen LogP contribution in [0.15, 0.2) is 30.2 Å². The Morgan fingerprint density at radius 1 is 1.39 bits per heavy atom. The number of allylic oxidation sites excluding steroid dienone is 2. The molecule has 118 valence electrons. The third-order valence-corrected chi connectivity index (χ3v) is 3.38. The van der Waals surface area contributed by atoms with Crippen molar-refractivity contribution in [2.45, 2.75) is 27.7 Å². The fourth-order valence-corrected chi connectivity index (χ4v) is 2.35. The SMILES string of the molecule is CCOc1ccncc1/C=C(\C#N)c1c[nH]c(C)c1C=C(C)C. The van der Waals surface area contributed by atoms with Crippen LogP contribution >= 0.6 is 0 Å². The largest absolute Gasteiger partial charge is 0.493 e. The van der Waals surface area contributed by atoms with Gasteiger partial charge in [-0.1, -0.05) is 11.6 Å². The molecule has 0 unspecified atom stereocenters. The smallest absolute Gasteiger partial charge is 0.129 e. The van der Waals surface area contributed by atoms with Crippen molar-refractivity contribution in [1.29, 1.82) is 5.26 Å². The highest BCUT2D eigenvalue weighted by molar-refractivity contribution is 5.93. The summed E-state index contributed by atoms with van der Waals surface area (Å²) in [5, 5.41) is 9.62. The Hall–Kier alpha value is -2.80. The number of aromatic amines is 1. The minimum atomic E-state index is 0.568. The number of nitrogens with zero attached hydrogens (tertiary/aromatic N) is 2. The molecule has 0 aliphatic rings. The molecule has 4 nitrogen and oxygen atoms in total. The first-order chi connectivity index (χ1) is 11.1. The molecule has 4 heteroatoms. The van der Waals surface area contributed by atoms with E-state index in [1.165, 1.54) is 5.57 Å². The number of pyridine rings is 1.